The van der Waals surface area contributed by atoms with Crippen LogP contribution in [0, 0.1) is 0 Å². The Morgan fingerprint density at radius 1 is 1.00 bits per heavy atom. The van der Waals surface area contributed by atoms with Crippen molar-refractivity contribution in [1.82, 2.24) is 9.69 Å². The molecular weight excluding hydrogens is 182 g/mol. The topological polar surface area (TPSA) is 17.8 Å². The predicted octanol–water partition coefficient (Wildman–Crippen LogP) is -0.156. The Labute approximate surface area is 89.7 Å². The van der Waals surface area contributed by atoms with E-state index in [0.29, 0.717) is 0 Å². The molecule has 0 atom stereocenters. The summed E-state index contributed by atoms with van der Waals surface area (Å²) in [4.78, 5) is 0. The summed E-state index contributed by atoms with van der Waals surface area (Å²) in [6, 6.07) is 12.7. The monoisotopic (exact) mass is 192 g/mol. The molecule has 0 aliphatic rings. The molecule has 0 radical (unpaired) electrons. The van der Waals surface area contributed by atoms with Gasteiger partial charge in [0.05, 0.1) is 5.52 Å². The zero-order valence-corrected chi connectivity index (χ0v) is 8.86. The van der Waals surface area contributed by atoms with Crippen molar-refractivity contribution in [3.8, 4) is 0 Å². The molecular formula is C11H10B2N2. The number of aromatic nitrogens is 2. The molecule has 0 fully saturated rings. The van der Waals surface area contributed by atoms with Crippen molar-refractivity contribution in [2.75, 3.05) is 0 Å². The molecule has 1 aromatic heterocycles. The van der Waals surface area contributed by atoms with Crippen molar-refractivity contribution in [3.63, 3.8) is 0 Å². The standard InChI is InChI=1S/C11H10B2N2/c12-11-9-6-5-7-3-1-2-4-8(7)10(9)15(13)14-11/h1-6H,12-13H2. The molecule has 0 N–H and O–H groups in total. The Bertz CT molecular complexity index is 658. The average molecular weight is 192 g/mol. The van der Waals surface area contributed by atoms with Gasteiger partial charge >= 0.3 is 0 Å². The Hall–Kier alpha value is -1.70. The van der Waals surface area contributed by atoms with Crippen molar-refractivity contribution in [3.05, 3.63) is 36.4 Å². The molecule has 70 valence electrons. The van der Waals surface area contributed by atoms with E-state index in [-0.39, 0.29) is 0 Å². The second-order valence-corrected chi connectivity index (χ2v) is 3.89. The molecule has 0 aliphatic heterocycles. The highest BCUT2D eigenvalue weighted by Gasteiger charge is 2.06. The third kappa shape index (κ3) is 1.11. The van der Waals surface area contributed by atoms with E-state index < -0.39 is 0 Å². The van der Waals surface area contributed by atoms with Crippen LogP contribution in [-0.2, 0) is 0 Å². The van der Waals surface area contributed by atoms with Crippen molar-refractivity contribution in [2.45, 2.75) is 0 Å². The van der Waals surface area contributed by atoms with E-state index >= 15 is 0 Å². The van der Waals surface area contributed by atoms with E-state index in [0.717, 1.165) is 5.59 Å². The Morgan fingerprint density at radius 3 is 2.67 bits per heavy atom. The Kier molecular flexibility index (Phi) is 1.66. The van der Waals surface area contributed by atoms with Crippen LogP contribution < -0.4 is 5.59 Å². The van der Waals surface area contributed by atoms with Crippen molar-refractivity contribution in [1.29, 1.82) is 0 Å². The number of fused-ring (bicyclic) bond motifs is 3. The lowest BCUT2D eigenvalue weighted by Gasteiger charge is -2.01. The molecule has 1 heterocycles. The molecule has 0 unspecified atom stereocenters. The predicted molar refractivity (Wildman–Crippen MR) is 69.4 cm³/mol. The number of hydrogen-bond donors (Lipinski definition) is 0. The van der Waals surface area contributed by atoms with Crippen LogP contribution in [0.3, 0.4) is 0 Å². The van der Waals surface area contributed by atoms with E-state index in [9.17, 15) is 0 Å². The lowest BCUT2D eigenvalue weighted by Crippen LogP contribution is -2.06. The zero-order chi connectivity index (χ0) is 10.4. The molecule has 0 amide bonds. The molecule has 2 nitrogen and oxygen atoms in total. The molecule has 2 aromatic carbocycles. The largest absolute Gasteiger partial charge is 0.319 e. The average Bonchev–Trinajstić information content (AvgIpc) is 2.55. The van der Waals surface area contributed by atoms with Crippen molar-refractivity contribution < 1.29 is 0 Å². The van der Waals surface area contributed by atoms with Gasteiger partial charge in [0.2, 0.25) is 7.98 Å². The fraction of sp³-hybridized carbons (Fsp3) is 0. The van der Waals surface area contributed by atoms with Gasteiger partial charge in [0.25, 0.3) is 0 Å². The molecule has 0 saturated heterocycles. The van der Waals surface area contributed by atoms with Crippen molar-refractivity contribution in [2.24, 2.45) is 0 Å². The number of rotatable bonds is 0. The van der Waals surface area contributed by atoms with Gasteiger partial charge in [-0.05, 0) is 5.39 Å². The van der Waals surface area contributed by atoms with Gasteiger partial charge in [-0.3, -0.25) is 0 Å². The summed E-state index contributed by atoms with van der Waals surface area (Å²) in [5.74, 6) is 0. The van der Waals surface area contributed by atoms with E-state index in [1.54, 1.807) is 0 Å². The molecule has 3 aromatic rings. The van der Waals surface area contributed by atoms with Gasteiger partial charge in [-0.15, -0.1) is 0 Å². The maximum absolute atomic E-state index is 4.46. The fourth-order valence-electron chi connectivity index (χ4n) is 2.22. The second-order valence-electron chi connectivity index (χ2n) is 3.89. The van der Waals surface area contributed by atoms with E-state index in [1.165, 1.54) is 21.7 Å². The van der Waals surface area contributed by atoms with Gasteiger partial charge in [0.15, 0.2) is 7.85 Å². The first-order chi connectivity index (χ1) is 7.27. The van der Waals surface area contributed by atoms with Crippen LogP contribution >= 0.6 is 0 Å². The summed E-state index contributed by atoms with van der Waals surface area (Å²) >= 11 is 0. The van der Waals surface area contributed by atoms with Crippen LogP contribution in [0.25, 0.3) is 21.7 Å². The minimum absolute atomic E-state index is 1.10. The smallest absolute Gasteiger partial charge is 0.249 e. The van der Waals surface area contributed by atoms with Gasteiger partial charge in [-0.25, -0.2) is 5.10 Å². The Balaban J connectivity index is 2.64. The third-order valence-corrected chi connectivity index (χ3v) is 2.91. The summed E-state index contributed by atoms with van der Waals surface area (Å²) in [5, 5.41) is 8.25. The number of benzene rings is 2. The van der Waals surface area contributed by atoms with E-state index in [1.807, 2.05) is 12.6 Å². The molecule has 0 aliphatic carbocycles. The molecule has 15 heavy (non-hydrogen) atoms. The normalized spacial score (nSPS) is 11.2. The SMILES string of the molecule is Bc1nn(B)c2c1ccc1ccccc12. The van der Waals surface area contributed by atoms with Crippen LogP contribution in [-0.4, -0.2) is 25.5 Å². The lowest BCUT2D eigenvalue weighted by molar-refractivity contribution is 1.05. The highest BCUT2D eigenvalue weighted by molar-refractivity contribution is 6.39. The zero-order valence-electron chi connectivity index (χ0n) is 8.86. The molecule has 3 rings (SSSR count). The van der Waals surface area contributed by atoms with Crippen molar-refractivity contribution >= 4 is 43.1 Å². The second kappa shape index (κ2) is 2.89. The van der Waals surface area contributed by atoms with Gasteiger partial charge < -0.3 is 4.59 Å². The molecule has 0 saturated carbocycles. The van der Waals surface area contributed by atoms with Gasteiger partial charge in [-0.1, -0.05) is 36.4 Å². The minimum atomic E-state index is 1.10. The van der Waals surface area contributed by atoms with Crippen LogP contribution in [0.15, 0.2) is 36.4 Å². The molecule has 0 bridgehead atoms. The molecule has 4 heteroatoms. The summed E-state index contributed by atoms with van der Waals surface area (Å²) in [5.41, 5.74) is 2.32. The first-order valence-electron chi connectivity index (χ1n) is 5.08. The lowest BCUT2D eigenvalue weighted by atomic mass is 9.98. The fourth-order valence-corrected chi connectivity index (χ4v) is 2.22. The first kappa shape index (κ1) is 8.60. The third-order valence-electron chi connectivity index (χ3n) is 2.91. The molecule has 0 spiro atoms. The number of nitrogens with zero attached hydrogens (tertiary/aromatic N) is 2. The van der Waals surface area contributed by atoms with Gasteiger partial charge in [-0.2, -0.15) is 0 Å². The van der Waals surface area contributed by atoms with Crippen LogP contribution in [0.1, 0.15) is 0 Å². The summed E-state index contributed by atoms with van der Waals surface area (Å²) in [6.45, 7) is 0. The first-order valence-corrected chi connectivity index (χ1v) is 5.08. The maximum Gasteiger partial charge on any atom is 0.249 e. The van der Waals surface area contributed by atoms with Gasteiger partial charge in [0.1, 0.15) is 0 Å². The number of hydrogen-bond acceptors (Lipinski definition) is 1. The van der Waals surface area contributed by atoms with Crippen LogP contribution in [0.2, 0.25) is 0 Å². The minimum Gasteiger partial charge on any atom is -0.319 e. The van der Waals surface area contributed by atoms with E-state index in [4.69, 9.17) is 0 Å². The maximum atomic E-state index is 4.46. The Morgan fingerprint density at radius 2 is 1.80 bits per heavy atom. The van der Waals surface area contributed by atoms with Gasteiger partial charge in [0, 0.05) is 16.4 Å². The quantitative estimate of drug-likeness (QED) is 0.452. The van der Waals surface area contributed by atoms with Crippen LogP contribution in [0.4, 0.5) is 0 Å². The highest BCUT2D eigenvalue weighted by Crippen LogP contribution is 2.22. The van der Waals surface area contributed by atoms with E-state index in [2.05, 4.69) is 49.3 Å². The summed E-state index contributed by atoms with van der Waals surface area (Å²) < 4.78 is 1.97. The highest BCUT2D eigenvalue weighted by atomic mass is 15.2. The van der Waals surface area contributed by atoms with Crippen LogP contribution in [0.5, 0.6) is 0 Å². The summed E-state index contributed by atoms with van der Waals surface area (Å²) in [6.07, 6.45) is 0. The summed E-state index contributed by atoms with van der Waals surface area (Å²) in [7, 11) is 4.05.